The van der Waals surface area contributed by atoms with Gasteiger partial charge in [0.25, 0.3) is 0 Å². The maximum absolute atomic E-state index is 11.1. The van der Waals surface area contributed by atoms with Crippen LogP contribution in [0.2, 0.25) is 0 Å². The number of rotatable bonds is 6. The van der Waals surface area contributed by atoms with Gasteiger partial charge in [-0.1, -0.05) is 20.4 Å². The second kappa shape index (κ2) is 7.21. The molecule has 0 fully saturated rings. The second-order valence-electron chi connectivity index (χ2n) is 3.36. The van der Waals surface area contributed by atoms with E-state index in [4.69, 9.17) is 14.6 Å². The average Bonchev–Trinajstić information content (AvgIpc) is 2.25. The monoisotopic (exact) mass is 242 g/mol. The van der Waals surface area contributed by atoms with Crippen molar-refractivity contribution in [2.75, 3.05) is 0 Å². The van der Waals surface area contributed by atoms with Gasteiger partial charge in [-0.3, -0.25) is 0 Å². The van der Waals surface area contributed by atoms with E-state index in [2.05, 4.69) is 6.58 Å². The Labute approximate surface area is 98.5 Å². The Bertz CT molecular complexity index is 342. The molecule has 0 heterocycles. The van der Waals surface area contributed by atoms with Gasteiger partial charge in [-0.25, -0.2) is 14.4 Å². The zero-order chi connectivity index (χ0) is 13.4. The van der Waals surface area contributed by atoms with Gasteiger partial charge in [-0.2, -0.15) is 0 Å². The molecule has 6 heteroatoms. The molecule has 0 saturated carbocycles. The molecule has 0 amide bonds. The molecule has 0 aliphatic heterocycles. The molecule has 6 nitrogen and oxygen atoms in total. The Hall–Kier alpha value is -2.11. The SMILES string of the molecule is C=CC(=O)OC(OC(=O)/C=C\C(=O)O)C(C)C. The van der Waals surface area contributed by atoms with E-state index < -0.39 is 24.2 Å². The maximum Gasteiger partial charge on any atom is 0.334 e. The standard InChI is InChI=1S/C11H14O6/c1-4-9(14)16-11(7(2)3)17-10(15)6-5-8(12)13/h4-7,11H,1H2,2-3H3,(H,12,13)/b6-5-. The van der Waals surface area contributed by atoms with Crippen molar-refractivity contribution in [1.82, 2.24) is 0 Å². The van der Waals surface area contributed by atoms with Crippen LogP contribution in [0.25, 0.3) is 0 Å². The van der Waals surface area contributed by atoms with Crippen LogP contribution in [0.3, 0.4) is 0 Å². The molecule has 0 saturated heterocycles. The van der Waals surface area contributed by atoms with Crippen molar-refractivity contribution in [3.8, 4) is 0 Å². The third kappa shape index (κ3) is 6.88. The van der Waals surface area contributed by atoms with Gasteiger partial charge in [-0.15, -0.1) is 0 Å². The van der Waals surface area contributed by atoms with Crippen LogP contribution in [0.5, 0.6) is 0 Å². The fourth-order valence-electron chi connectivity index (χ4n) is 0.752. The number of hydrogen-bond donors (Lipinski definition) is 1. The molecule has 1 N–H and O–H groups in total. The summed E-state index contributed by atoms with van der Waals surface area (Å²) in [5, 5.41) is 8.30. The smallest absolute Gasteiger partial charge is 0.334 e. The summed E-state index contributed by atoms with van der Waals surface area (Å²) in [7, 11) is 0. The number of carboxylic acid groups (broad SMARTS) is 1. The first-order valence-corrected chi connectivity index (χ1v) is 4.81. The van der Waals surface area contributed by atoms with Gasteiger partial charge in [0.1, 0.15) is 0 Å². The lowest BCUT2D eigenvalue weighted by Crippen LogP contribution is -2.28. The van der Waals surface area contributed by atoms with Gasteiger partial charge in [-0.05, 0) is 0 Å². The van der Waals surface area contributed by atoms with Crippen LogP contribution in [0.1, 0.15) is 13.8 Å². The predicted octanol–water partition coefficient (Wildman–Crippen LogP) is 0.882. The van der Waals surface area contributed by atoms with Crippen molar-refractivity contribution >= 4 is 17.9 Å². The van der Waals surface area contributed by atoms with Crippen LogP contribution in [0, 0.1) is 5.92 Å². The zero-order valence-corrected chi connectivity index (χ0v) is 9.58. The molecule has 0 rings (SSSR count). The van der Waals surface area contributed by atoms with E-state index in [9.17, 15) is 14.4 Å². The minimum Gasteiger partial charge on any atom is -0.478 e. The highest BCUT2D eigenvalue weighted by Crippen LogP contribution is 2.09. The average molecular weight is 242 g/mol. The van der Waals surface area contributed by atoms with Crippen LogP contribution in [-0.2, 0) is 23.9 Å². The molecule has 0 aromatic carbocycles. The lowest BCUT2D eigenvalue weighted by molar-refractivity contribution is -0.188. The minimum atomic E-state index is -1.27. The van der Waals surface area contributed by atoms with Crippen LogP contribution in [-0.4, -0.2) is 29.3 Å². The fraction of sp³-hybridized carbons (Fsp3) is 0.364. The molecular weight excluding hydrogens is 228 g/mol. The van der Waals surface area contributed by atoms with E-state index in [1.807, 2.05) is 0 Å². The van der Waals surface area contributed by atoms with E-state index in [-0.39, 0.29) is 5.92 Å². The Morgan fingerprint density at radius 2 is 1.65 bits per heavy atom. The maximum atomic E-state index is 11.1. The van der Waals surface area contributed by atoms with Crippen molar-refractivity contribution < 1.29 is 29.0 Å². The highest BCUT2D eigenvalue weighted by molar-refractivity contribution is 5.90. The van der Waals surface area contributed by atoms with Gasteiger partial charge < -0.3 is 14.6 Å². The number of ether oxygens (including phenoxy) is 2. The van der Waals surface area contributed by atoms with Gasteiger partial charge in [0, 0.05) is 24.1 Å². The highest BCUT2D eigenvalue weighted by atomic mass is 16.7. The lowest BCUT2D eigenvalue weighted by atomic mass is 10.2. The van der Waals surface area contributed by atoms with Crippen molar-refractivity contribution in [3.63, 3.8) is 0 Å². The van der Waals surface area contributed by atoms with E-state index in [0.29, 0.717) is 6.08 Å². The normalized spacial score (nSPS) is 12.2. The number of carbonyl (C=O) groups is 3. The fourth-order valence-corrected chi connectivity index (χ4v) is 0.752. The molecule has 0 aromatic rings. The predicted molar refractivity (Wildman–Crippen MR) is 57.8 cm³/mol. The molecule has 1 unspecified atom stereocenters. The van der Waals surface area contributed by atoms with E-state index >= 15 is 0 Å². The van der Waals surface area contributed by atoms with Crippen molar-refractivity contribution in [1.29, 1.82) is 0 Å². The lowest BCUT2D eigenvalue weighted by Gasteiger charge is -2.19. The Kier molecular flexibility index (Phi) is 6.32. The molecule has 0 aliphatic rings. The Balaban J connectivity index is 4.44. The molecule has 1 atom stereocenters. The summed E-state index contributed by atoms with van der Waals surface area (Å²) in [4.78, 5) is 32.2. The van der Waals surface area contributed by atoms with E-state index in [0.717, 1.165) is 12.2 Å². The highest BCUT2D eigenvalue weighted by Gasteiger charge is 2.20. The van der Waals surface area contributed by atoms with Crippen LogP contribution in [0.15, 0.2) is 24.8 Å². The van der Waals surface area contributed by atoms with Gasteiger partial charge >= 0.3 is 17.9 Å². The van der Waals surface area contributed by atoms with Crippen molar-refractivity contribution in [2.45, 2.75) is 20.1 Å². The second-order valence-corrected chi connectivity index (χ2v) is 3.36. The third-order valence-corrected chi connectivity index (χ3v) is 1.54. The van der Waals surface area contributed by atoms with Crippen LogP contribution in [0.4, 0.5) is 0 Å². The summed E-state index contributed by atoms with van der Waals surface area (Å²) in [5.74, 6) is -3.16. The van der Waals surface area contributed by atoms with Gasteiger partial charge in [0.15, 0.2) is 0 Å². The molecule has 17 heavy (non-hydrogen) atoms. The Morgan fingerprint density at radius 3 is 2.06 bits per heavy atom. The van der Waals surface area contributed by atoms with Gasteiger partial charge in [0.05, 0.1) is 0 Å². The topological polar surface area (TPSA) is 89.9 Å². The largest absolute Gasteiger partial charge is 0.478 e. The number of hydrogen-bond acceptors (Lipinski definition) is 5. The van der Waals surface area contributed by atoms with Crippen LogP contribution >= 0.6 is 0 Å². The molecule has 0 radical (unpaired) electrons. The molecule has 94 valence electrons. The zero-order valence-electron chi connectivity index (χ0n) is 9.58. The number of esters is 2. The third-order valence-electron chi connectivity index (χ3n) is 1.54. The van der Waals surface area contributed by atoms with Gasteiger partial charge in [0.2, 0.25) is 6.29 Å². The summed E-state index contributed by atoms with van der Waals surface area (Å²) in [5.41, 5.74) is 0. The quantitative estimate of drug-likeness (QED) is 0.422. The Morgan fingerprint density at radius 1 is 1.12 bits per heavy atom. The number of carbonyl (C=O) groups excluding carboxylic acids is 2. The molecule has 0 aromatic heterocycles. The van der Waals surface area contributed by atoms with Crippen molar-refractivity contribution in [2.24, 2.45) is 5.92 Å². The summed E-state index contributed by atoms with van der Waals surface area (Å²) < 4.78 is 9.51. The summed E-state index contributed by atoms with van der Waals surface area (Å²) in [6, 6.07) is 0. The van der Waals surface area contributed by atoms with Crippen molar-refractivity contribution in [3.05, 3.63) is 24.8 Å². The first-order valence-electron chi connectivity index (χ1n) is 4.81. The molecule has 0 aliphatic carbocycles. The summed E-state index contributed by atoms with van der Waals surface area (Å²) in [6.45, 7) is 6.56. The first-order chi connectivity index (χ1) is 7.86. The minimum absolute atomic E-state index is 0.263. The van der Waals surface area contributed by atoms with Crippen LogP contribution < -0.4 is 0 Å². The summed E-state index contributed by atoms with van der Waals surface area (Å²) in [6.07, 6.45) is 1.23. The number of carboxylic acids is 1. The first kappa shape index (κ1) is 14.9. The number of aliphatic carboxylic acids is 1. The molecular formula is C11H14O6. The summed E-state index contributed by atoms with van der Waals surface area (Å²) >= 11 is 0. The molecule has 0 bridgehead atoms. The van der Waals surface area contributed by atoms with E-state index in [1.165, 1.54) is 0 Å². The van der Waals surface area contributed by atoms with E-state index in [1.54, 1.807) is 13.8 Å². The molecule has 0 spiro atoms.